The summed E-state index contributed by atoms with van der Waals surface area (Å²) in [5, 5.41) is 14.3. The van der Waals surface area contributed by atoms with Crippen LogP contribution in [0.4, 0.5) is 38.0 Å². The van der Waals surface area contributed by atoms with E-state index in [0.717, 1.165) is 12.1 Å². The molecule has 0 fully saturated rings. The summed E-state index contributed by atoms with van der Waals surface area (Å²) in [6.45, 7) is 0. The van der Waals surface area contributed by atoms with Gasteiger partial charge in [-0.2, -0.15) is 20.2 Å². The van der Waals surface area contributed by atoms with Crippen molar-refractivity contribution in [2.24, 2.45) is 0 Å². The second-order valence-electron chi connectivity index (χ2n) is 5.02. The highest BCUT2D eigenvalue weighted by Crippen LogP contribution is 2.29. The average molecular weight is 418 g/mol. The molecule has 3 rings (SSSR count). The number of hydrogen-bond donors (Lipinski definition) is 3. The topological polar surface area (TPSA) is 113 Å². The van der Waals surface area contributed by atoms with Crippen LogP contribution in [-0.2, 0) is 0 Å². The summed E-state index contributed by atoms with van der Waals surface area (Å²) in [6.07, 6.45) is 0. The van der Waals surface area contributed by atoms with E-state index in [1.807, 2.05) is 6.07 Å². The molecule has 0 radical (unpaired) electrons. The van der Waals surface area contributed by atoms with E-state index in [-0.39, 0.29) is 28.0 Å². The fraction of sp³-hybridized carbons (Fsp3) is 0. The van der Waals surface area contributed by atoms with Crippen LogP contribution in [0, 0.1) is 23.0 Å². The highest BCUT2D eigenvalue weighted by Gasteiger charge is 2.13. The van der Waals surface area contributed by atoms with Crippen LogP contribution in [0.15, 0.2) is 40.9 Å². The number of anilines is 5. The van der Waals surface area contributed by atoms with Crippen molar-refractivity contribution in [2.75, 3.05) is 16.4 Å². The summed E-state index contributed by atoms with van der Waals surface area (Å²) in [7, 11) is 0. The number of nitrogen functional groups attached to an aromatic ring is 1. The van der Waals surface area contributed by atoms with Crippen molar-refractivity contribution in [3.63, 3.8) is 0 Å². The smallest absolute Gasteiger partial charge is 0.233 e. The third-order valence-electron chi connectivity index (χ3n) is 3.17. The number of nitrogens with one attached hydrogen (secondary N) is 2. The van der Waals surface area contributed by atoms with Crippen LogP contribution in [0.2, 0.25) is 0 Å². The second kappa shape index (κ2) is 7.28. The molecule has 1 heterocycles. The monoisotopic (exact) mass is 417 g/mol. The third kappa shape index (κ3) is 4.01. The minimum atomic E-state index is -0.822. The molecule has 0 bridgehead atoms. The zero-order chi connectivity index (χ0) is 18.7. The van der Waals surface area contributed by atoms with E-state index in [9.17, 15) is 8.78 Å². The van der Waals surface area contributed by atoms with Crippen molar-refractivity contribution < 1.29 is 8.78 Å². The molecule has 3 aromatic rings. The van der Waals surface area contributed by atoms with E-state index in [1.165, 1.54) is 0 Å². The molecule has 0 aliphatic carbocycles. The molecule has 1 aromatic heterocycles. The van der Waals surface area contributed by atoms with Crippen LogP contribution >= 0.6 is 15.9 Å². The standard InChI is InChI=1S/C16H10BrF2N7/c17-11-5-9(18)6-12(19)13(11)23-16-25-14(21)24-15(26-16)22-10-3-1-8(7-20)2-4-10/h1-6H,(H4,21,22,23,24,25,26). The number of benzene rings is 2. The van der Waals surface area contributed by atoms with Gasteiger partial charge in [0.2, 0.25) is 17.8 Å². The molecule has 0 amide bonds. The number of nitrogens with two attached hydrogens (primary N) is 1. The van der Waals surface area contributed by atoms with Crippen molar-refractivity contribution in [3.8, 4) is 6.07 Å². The van der Waals surface area contributed by atoms with E-state index in [0.29, 0.717) is 11.3 Å². The maximum Gasteiger partial charge on any atom is 0.233 e. The van der Waals surface area contributed by atoms with Gasteiger partial charge < -0.3 is 16.4 Å². The lowest BCUT2D eigenvalue weighted by molar-refractivity contribution is 0.584. The molecule has 4 N–H and O–H groups in total. The first-order valence-electron chi connectivity index (χ1n) is 7.15. The van der Waals surface area contributed by atoms with Gasteiger partial charge in [-0.05, 0) is 46.3 Å². The van der Waals surface area contributed by atoms with Crippen molar-refractivity contribution >= 4 is 45.1 Å². The lowest BCUT2D eigenvalue weighted by atomic mass is 10.2. The Bertz CT molecular complexity index is 979. The number of nitriles is 1. The number of aromatic nitrogens is 3. The molecular formula is C16H10BrF2N7. The summed E-state index contributed by atoms with van der Waals surface area (Å²) in [4.78, 5) is 11.9. The first kappa shape index (κ1) is 17.5. The maximum atomic E-state index is 13.9. The minimum absolute atomic E-state index is 0.0279. The van der Waals surface area contributed by atoms with E-state index >= 15 is 0 Å². The Balaban J connectivity index is 1.87. The van der Waals surface area contributed by atoms with E-state index < -0.39 is 11.6 Å². The van der Waals surface area contributed by atoms with Crippen LogP contribution < -0.4 is 16.4 Å². The Morgan fingerprint density at radius 3 is 2.27 bits per heavy atom. The SMILES string of the molecule is N#Cc1ccc(Nc2nc(N)nc(Nc3c(F)cc(F)cc3Br)n2)cc1. The normalized spacial score (nSPS) is 10.2. The first-order valence-corrected chi connectivity index (χ1v) is 7.94. The third-order valence-corrected chi connectivity index (χ3v) is 3.79. The van der Waals surface area contributed by atoms with Crippen molar-refractivity contribution in [1.29, 1.82) is 5.26 Å². The second-order valence-corrected chi connectivity index (χ2v) is 5.88. The lowest BCUT2D eigenvalue weighted by Gasteiger charge is -2.11. The number of nitrogens with zero attached hydrogens (tertiary/aromatic N) is 4. The molecule has 0 aliphatic heterocycles. The van der Waals surface area contributed by atoms with Crippen LogP contribution in [0.5, 0.6) is 0 Å². The van der Waals surface area contributed by atoms with Gasteiger partial charge in [0.25, 0.3) is 0 Å². The predicted molar refractivity (Wildman–Crippen MR) is 96.0 cm³/mol. The molecule has 0 spiro atoms. The molecule has 10 heteroatoms. The molecule has 0 saturated heterocycles. The lowest BCUT2D eigenvalue weighted by Crippen LogP contribution is -2.08. The molecule has 0 unspecified atom stereocenters. The number of rotatable bonds is 4. The highest BCUT2D eigenvalue weighted by atomic mass is 79.9. The van der Waals surface area contributed by atoms with E-state index in [1.54, 1.807) is 24.3 Å². The predicted octanol–water partition coefficient (Wildman–Crippen LogP) is 3.85. The zero-order valence-corrected chi connectivity index (χ0v) is 14.6. The van der Waals surface area contributed by atoms with Crippen LogP contribution in [0.1, 0.15) is 5.56 Å². The maximum absolute atomic E-state index is 13.9. The molecule has 7 nitrogen and oxygen atoms in total. The average Bonchev–Trinajstić information content (AvgIpc) is 2.58. The molecule has 0 aliphatic rings. The van der Waals surface area contributed by atoms with E-state index in [4.69, 9.17) is 11.0 Å². The summed E-state index contributed by atoms with van der Waals surface area (Å²) < 4.78 is 27.3. The molecule has 0 saturated carbocycles. The zero-order valence-electron chi connectivity index (χ0n) is 13.0. The first-order chi connectivity index (χ1) is 12.4. The Kier molecular flexibility index (Phi) is 4.90. The van der Waals surface area contributed by atoms with Crippen LogP contribution in [0.25, 0.3) is 0 Å². The summed E-state index contributed by atoms with van der Waals surface area (Å²) in [6, 6.07) is 10.4. The Hall–Kier alpha value is -3.32. The van der Waals surface area contributed by atoms with Gasteiger partial charge >= 0.3 is 0 Å². The Morgan fingerprint density at radius 1 is 1.00 bits per heavy atom. The fourth-order valence-electron chi connectivity index (χ4n) is 2.03. The van der Waals surface area contributed by atoms with Crippen molar-refractivity contribution in [2.45, 2.75) is 0 Å². The number of halogens is 3. The van der Waals surface area contributed by atoms with Crippen LogP contribution in [0.3, 0.4) is 0 Å². The van der Waals surface area contributed by atoms with Crippen molar-refractivity contribution in [3.05, 3.63) is 58.1 Å². The van der Waals surface area contributed by atoms with Crippen molar-refractivity contribution in [1.82, 2.24) is 15.0 Å². The minimum Gasteiger partial charge on any atom is -0.368 e. The van der Waals surface area contributed by atoms with Gasteiger partial charge in [-0.1, -0.05) is 0 Å². The molecule has 26 heavy (non-hydrogen) atoms. The highest BCUT2D eigenvalue weighted by molar-refractivity contribution is 9.10. The Labute approximate surface area is 155 Å². The fourth-order valence-corrected chi connectivity index (χ4v) is 2.54. The summed E-state index contributed by atoms with van der Waals surface area (Å²) in [5.74, 6) is -1.56. The Morgan fingerprint density at radius 2 is 1.65 bits per heavy atom. The van der Waals surface area contributed by atoms with Gasteiger partial charge in [0.15, 0.2) is 5.82 Å². The molecule has 0 atom stereocenters. The largest absolute Gasteiger partial charge is 0.368 e. The van der Waals surface area contributed by atoms with Gasteiger partial charge in [0.1, 0.15) is 5.82 Å². The van der Waals surface area contributed by atoms with Gasteiger partial charge in [0, 0.05) is 16.2 Å². The summed E-state index contributed by atoms with van der Waals surface area (Å²) >= 11 is 3.07. The molecular weight excluding hydrogens is 408 g/mol. The van der Waals surface area contributed by atoms with Crippen LogP contribution in [-0.4, -0.2) is 15.0 Å². The van der Waals surface area contributed by atoms with E-state index in [2.05, 4.69) is 41.5 Å². The molecule has 130 valence electrons. The van der Waals surface area contributed by atoms with Gasteiger partial charge in [-0.3, -0.25) is 0 Å². The molecule has 2 aromatic carbocycles. The van der Waals surface area contributed by atoms with Gasteiger partial charge in [-0.25, -0.2) is 8.78 Å². The quantitative estimate of drug-likeness (QED) is 0.590. The van der Waals surface area contributed by atoms with Gasteiger partial charge in [0.05, 0.1) is 17.3 Å². The van der Waals surface area contributed by atoms with Gasteiger partial charge in [-0.15, -0.1) is 0 Å². The number of hydrogen-bond acceptors (Lipinski definition) is 7. The summed E-state index contributed by atoms with van der Waals surface area (Å²) in [5.41, 5.74) is 6.75.